The maximum Gasteiger partial charge on any atom is 0.127 e. The van der Waals surface area contributed by atoms with Crippen LogP contribution in [0.15, 0.2) is 36.4 Å². The molecule has 0 amide bonds. The molecule has 0 spiro atoms. The summed E-state index contributed by atoms with van der Waals surface area (Å²) in [6.07, 6.45) is 0. The zero-order chi connectivity index (χ0) is 15.2. The summed E-state index contributed by atoms with van der Waals surface area (Å²) in [7, 11) is 0. The fraction of sp³-hybridized carbons (Fsp3) is 0.333. The Hall–Kier alpha value is -1.87. The predicted molar refractivity (Wildman–Crippen MR) is 84.0 cm³/mol. The standard InChI is InChI=1S/C18H22FNO/c1-4-20-11-15-8-17(19)10-18(9-15)21-12-16-6-13(2)5-14(3)7-16/h5-10,20H,4,11-12H2,1-3H3. The summed E-state index contributed by atoms with van der Waals surface area (Å²) >= 11 is 0. The Bertz CT molecular complexity index is 590. The van der Waals surface area contributed by atoms with Crippen molar-refractivity contribution in [3.63, 3.8) is 0 Å². The van der Waals surface area contributed by atoms with E-state index in [1.54, 1.807) is 0 Å². The third kappa shape index (κ3) is 4.87. The third-order valence-electron chi connectivity index (χ3n) is 3.20. The fourth-order valence-electron chi connectivity index (χ4n) is 2.39. The van der Waals surface area contributed by atoms with Crippen molar-refractivity contribution in [1.29, 1.82) is 0 Å². The van der Waals surface area contributed by atoms with Gasteiger partial charge in [-0.15, -0.1) is 0 Å². The number of hydrogen-bond acceptors (Lipinski definition) is 2. The summed E-state index contributed by atoms with van der Waals surface area (Å²) in [5, 5.41) is 3.19. The Kier molecular flexibility index (Phi) is 5.34. The summed E-state index contributed by atoms with van der Waals surface area (Å²) in [5.74, 6) is 0.308. The van der Waals surface area contributed by atoms with Crippen LogP contribution in [0.1, 0.15) is 29.2 Å². The van der Waals surface area contributed by atoms with Gasteiger partial charge in [0.15, 0.2) is 0 Å². The number of ether oxygens (including phenoxy) is 1. The number of benzene rings is 2. The lowest BCUT2D eigenvalue weighted by molar-refractivity contribution is 0.304. The van der Waals surface area contributed by atoms with Crippen LogP contribution in [0.5, 0.6) is 5.75 Å². The van der Waals surface area contributed by atoms with Gasteiger partial charge >= 0.3 is 0 Å². The minimum atomic E-state index is -0.263. The first-order valence-electron chi connectivity index (χ1n) is 7.27. The largest absolute Gasteiger partial charge is 0.489 e. The topological polar surface area (TPSA) is 21.3 Å². The lowest BCUT2D eigenvalue weighted by atomic mass is 10.1. The fourth-order valence-corrected chi connectivity index (χ4v) is 2.39. The van der Waals surface area contributed by atoms with Crippen molar-refractivity contribution < 1.29 is 9.13 Å². The quantitative estimate of drug-likeness (QED) is 0.862. The second-order valence-electron chi connectivity index (χ2n) is 5.36. The molecule has 0 saturated carbocycles. The Morgan fingerprint density at radius 1 is 0.952 bits per heavy atom. The van der Waals surface area contributed by atoms with Gasteiger partial charge in [0.2, 0.25) is 0 Å². The molecule has 112 valence electrons. The number of nitrogens with one attached hydrogen (secondary N) is 1. The monoisotopic (exact) mass is 287 g/mol. The van der Waals surface area contributed by atoms with Crippen LogP contribution in [0.25, 0.3) is 0 Å². The first-order valence-corrected chi connectivity index (χ1v) is 7.27. The number of rotatable bonds is 6. The predicted octanol–water partition coefficient (Wildman–Crippen LogP) is 4.13. The molecule has 21 heavy (non-hydrogen) atoms. The molecule has 2 aromatic rings. The molecule has 0 bridgehead atoms. The van der Waals surface area contributed by atoms with Crippen LogP contribution in [-0.2, 0) is 13.2 Å². The first kappa shape index (κ1) is 15.5. The second-order valence-corrected chi connectivity index (χ2v) is 5.36. The Morgan fingerprint density at radius 3 is 2.33 bits per heavy atom. The van der Waals surface area contributed by atoms with Crippen LogP contribution in [-0.4, -0.2) is 6.54 Å². The van der Waals surface area contributed by atoms with Gasteiger partial charge in [-0.3, -0.25) is 0 Å². The van der Waals surface area contributed by atoms with Crippen molar-refractivity contribution in [3.05, 3.63) is 64.5 Å². The molecule has 0 fully saturated rings. The number of halogens is 1. The molecular formula is C18H22FNO. The molecule has 0 heterocycles. The highest BCUT2D eigenvalue weighted by atomic mass is 19.1. The summed E-state index contributed by atoms with van der Waals surface area (Å²) in [6, 6.07) is 11.1. The molecule has 2 nitrogen and oxygen atoms in total. The van der Waals surface area contributed by atoms with E-state index in [0.717, 1.165) is 17.7 Å². The van der Waals surface area contributed by atoms with Crippen LogP contribution in [0.4, 0.5) is 4.39 Å². The van der Waals surface area contributed by atoms with E-state index in [-0.39, 0.29) is 5.82 Å². The molecule has 0 atom stereocenters. The molecule has 0 aromatic heterocycles. The van der Waals surface area contributed by atoms with Crippen molar-refractivity contribution in [2.75, 3.05) is 6.54 Å². The van der Waals surface area contributed by atoms with Gasteiger partial charge in [-0.1, -0.05) is 36.2 Å². The van der Waals surface area contributed by atoms with E-state index in [0.29, 0.717) is 18.9 Å². The Morgan fingerprint density at radius 2 is 1.67 bits per heavy atom. The Balaban J connectivity index is 2.06. The Labute approximate surface area is 126 Å². The van der Waals surface area contributed by atoms with Gasteiger partial charge in [-0.2, -0.15) is 0 Å². The second kappa shape index (κ2) is 7.23. The highest BCUT2D eigenvalue weighted by Crippen LogP contribution is 2.19. The molecule has 0 unspecified atom stereocenters. The summed E-state index contributed by atoms with van der Waals surface area (Å²) in [4.78, 5) is 0. The van der Waals surface area contributed by atoms with E-state index in [2.05, 4.69) is 37.4 Å². The average Bonchev–Trinajstić information content (AvgIpc) is 2.41. The van der Waals surface area contributed by atoms with Gasteiger partial charge in [0.25, 0.3) is 0 Å². The van der Waals surface area contributed by atoms with Crippen molar-refractivity contribution in [2.45, 2.75) is 33.9 Å². The maximum atomic E-state index is 13.6. The average molecular weight is 287 g/mol. The van der Waals surface area contributed by atoms with Gasteiger partial charge < -0.3 is 10.1 Å². The highest BCUT2D eigenvalue weighted by molar-refractivity contribution is 5.31. The zero-order valence-electron chi connectivity index (χ0n) is 12.9. The van der Waals surface area contributed by atoms with Gasteiger partial charge in [-0.25, -0.2) is 4.39 Å². The van der Waals surface area contributed by atoms with Crippen molar-refractivity contribution in [1.82, 2.24) is 5.32 Å². The number of aryl methyl sites for hydroxylation is 2. The SMILES string of the molecule is CCNCc1cc(F)cc(OCc2cc(C)cc(C)c2)c1. The van der Waals surface area contributed by atoms with Crippen LogP contribution in [0.3, 0.4) is 0 Å². The molecule has 3 heteroatoms. The van der Waals surface area contributed by atoms with Crippen LogP contribution in [0, 0.1) is 19.7 Å². The molecule has 1 N–H and O–H groups in total. The molecule has 0 saturated heterocycles. The molecule has 0 radical (unpaired) electrons. The summed E-state index contributed by atoms with van der Waals surface area (Å²) in [6.45, 7) is 8.10. The first-order chi connectivity index (χ1) is 10.1. The van der Waals surface area contributed by atoms with E-state index in [1.165, 1.54) is 23.3 Å². The van der Waals surface area contributed by atoms with E-state index >= 15 is 0 Å². The maximum absolute atomic E-state index is 13.6. The van der Waals surface area contributed by atoms with E-state index in [1.807, 2.05) is 13.0 Å². The van der Waals surface area contributed by atoms with Gasteiger partial charge in [0.05, 0.1) is 0 Å². The summed E-state index contributed by atoms with van der Waals surface area (Å²) in [5.41, 5.74) is 4.42. The van der Waals surface area contributed by atoms with E-state index in [9.17, 15) is 4.39 Å². The van der Waals surface area contributed by atoms with Crippen molar-refractivity contribution in [3.8, 4) is 5.75 Å². The smallest absolute Gasteiger partial charge is 0.127 e. The van der Waals surface area contributed by atoms with E-state index < -0.39 is 0 Å². The van der Waals surface area contributed by atoms with Gasteiger partial charge in [0, 0.05) is 12.6 Å². The lowest BCUT2D eigenvalue weighted by Crippen LogP contribution is -2.12. The molecular weight excluding hydrogens is 265 g/mol. The lowest BCUT2D eigenvalue weighted by Gasteiger charge is -2.10. The minimum Gasteiger partial charge on any atom is -0.489 e. The zero-order valence-corrected chi connectivity index (χ0v) is 12.9. The highest BCUT2D eigenvalue weighted by Gasteiger charge is 2.03. The van der Waals surface area contributed by atoms with Crippen LogP contribution >= 0.6 is 0 Å². The third-order valence-corrected chi connectivity index (χ3v) is 3.20. The van der Waals surface area contributed by atoms with Gasteiger partial charge in [0.1, 0.15) is 18.2 Å². The molecule has 2 rings (SSSR count). The molecule has 0 aliphatic carbocycles. The summed E-state index contributed by atoms with van der Waals surface area (Å²) < 4.78 is 19.3. The number of hydrogen-bond donors (Lipinski definition) is 1. The molecule has 0 aliphatic heterocycles. The van der Waals surface area contributed by atoms with Crippen LogP contribution < -0.4 is 10.1 Å². The minimum absolute atomic E-state index is 0.263. The van der Waals surface area contributed by atoms with Crippen molar-refractivity contribution in [2.24, 2.45) is 0 Å². The van der Waals surface area contributed by atoms with Crippen LogP contribution in [0.2, 0.25) is 0 Å². The molecule has 2 aromatic carbocycles. The van der Waals surface area contributed by atoms with Gasteiger partial charge in [-0.05, 0) is 43.7 Å². The van der Waals surface area contributed by atoms with E-state index in [4.69, 9.17) is 4.74 Å². The normalized spacial score (nSPS) is 10.7. The molecule has 0 aliphatic rings. The van der Waals surface area contributed by atoms with Crippen molar-refractivity contribution >= 4 is 0 Å².